The van der Waals surface area contributed by atoms with Crippen molar-refractivity contribution in [3.8, 4) is 0 Å². The number of ketones is 1. The molecule has 0 radical (unpaired) electrons. The predicted molar refractivity (Wildman–Crippen MR) is 57.2 cm³/mol. The van der Waals surface area contributed by atoms with Crippen LogP contribution < -0.4 is 0 Å². The minimum Gasteiger partial charge on any atom is -0.369 e. The molecule has 82 valence electrons. The van der Waals surface area contributed by atoms with Crippen LogP contribution in [0.3, 0.4) is 0 Å². The molecule has 1 heterocycles. The molecule has 2 nitrogen and oxygen atoms in total. The normalized spacial score (nSPS) is 29.5. The fraction of sp³-hybridized carbons (Fsp3) is 0.917. The zero-order valence-electron chi connectivity index (χ0n) is 10.2. The third-order valence-electron chi connectivity index (χ3n) is 2.99. The molecule has 1 fully saturated rings. The molecule has 0 bridgehead atoms. The summed E-state index contributed by atoms with van der Waals surface area (Å²) < 4.78 is 5.90. The van der Waals surface area contributed by atoms with Gasteiger partial charge < -0.3 is 4.74 Å². The van der Waals surface area contributed by atoms with Crippen LogP contribution in [0.4, 0.5) is 0 Å². The van der Waals surface area contributed by atoms with Gasteiger partial charge in [0.15, 0.2) is 0 Å². The van der Waals surface area contributed by atoms with Gasteiger partial charge in [0.1, 0.15) is 5.78 Å². The van der Waals surface area contributed by atoms with Crippen molar-refractivity contribution >= 4 is 5.78 Å². The lowest BCUT2D eigenvalue weighted by atomic mass is 9.80. The van der Waals surface area contributed by atoms with Gasteiger partial charge in [-0.3, -0.25) is 4.79 Å². The smallest absolute Gasteiger partial charge is 0.141 e. The fourth-order valence-electron chi connectivity index (χ4n) is 2.41. The Hall–Kier alpha value is -0.370. The van der Waals surface area contributed by atoms with Gasteiger partial charge in [-0.05, 0) is 34.1 Å². The highest BCUT2D eigenvalue weighted by Crippen LogP contribution is 2.43. The van der Waals surface area contributed by atoms with E-state index in [1.807, 2.05) is 27.7 Å². The highest BCUT2D eigenvalue weighted by atomic mass is 16.5. The molecule has 1 unspecified atom stereocenters. The Morgan fingerprint density at radius 3 is 2.07 bits per heavy atom. The Bertz CT molecular complexity index is 239. The Morgan fingerprint density at radius 2 is 1.79 bits per heavy atom. The minimum absolute atomic E-state index is 0.0532. The summed E-state index contributed by atoms with van der Waals surface area (Å²) >= 11 is 0. The molecule has 0 aromatic heterocycles. The molecule has 1 aliphatic rings. The van der Waals surface area contributed by atoms with Crippen molar-refractivity contribution in [2.24, 2.45) is 11.8 Å². The zero-order valence-corrected chi connectivity index (χ0v) is 10.2. The standard InChI is InChI=1S/C12H22O2/c1-8(2)10(13)9-7-11(3,4)14-12(9,5)6/h8-9H,7H2,1-6H3. The molecule has 0 saturated carbocycles. The van der Waals surface area contributed by atoms with Gasteiger partial charge in [0, 0.05) is 11.8 Å². The van der Waals surface area contributed by atoms with Crippen LogP contribution >= 0.6 is 0 Å². The van der Waals surface area contributed by atoms with Gasteiger partial charge in [0.05, 0.1) is 11.2 Å². The maximum Gasteiger partial charge on any atom is 0.141 e. The number of carbonyl (C=O) groups excluding carboxylic acids is 1. The molecule has 2 heteroatoms. The summed E-state index contributed by atoms with van der Waals surface area (Å²) in [5, 5.41) is 0. The Balaban J connectivity index is 2.85. The second-order valence-electron chi connectivity index (χ2n) is 5.78. The molecule has 1 atom stereocenters. The average molecular weight is 198 g/mol. The first-order valence-electron chi connectivity index (χ1n) is 5.39. The van der Waals surface area contributed by atoms with Gasteiger partial charge in [0.25, 0.3) is 0 Å². The number of hydrogen-bond acceptors (Lipinski definition) is 2. The van der Waals surface area contributed by atoms with Gasteiger partial charge in [-0.25, -0.2) is 0 Å². The lowest BCUT2D eigenvalue weighted by molar-refractivity contribution is -0.132. The van der Waals surface area contributed by atoms with Crippen molar-refractivity contribution in [2.75, 3.05) is 0 Å². The number of Topliss-reactive ketones (excluding diaryl/α,β-unsaturated/α-hetero) is 1. The molecule has 14 heavy (non-hydrogen) atoms. The van der Waals surface area contributed by atoms with Crippen molar-refractivity contribution in [1.82, 2.24) is 0 Å². The van der Waals surface area contributed by atoms with E-state index in [2.05, 4.69) is 13.8 Å². The second-order valence-corrected chi connectivity index (χ2v) is 5.78. The fourth-order valence-corrected chi connectivity index (χ4v) is 2.41. The summed E-state index contributed by atoms with van der Waals surface area (Å²) in [6.07, 6.45) is 0.844. The molecule has 0 amide bonds. The van der Waals surface area contributed by atoms with Crippen LogP contribution in [0.2, 0.25) is 0 Å². The first-order valence-corrected chi connectivity index (χ1v) is 5.39. The van der Waals surface area contributed by atoms with Gasteiger partial charge >= 0.3 is 0 Å². The van der Waals surface area contributed by atoms with E-state index in [1.54, 1.807) is 0 Å². The van der Waals surface area contributed by atoms with Crippen molar-refractivity contribution < 1.29 is 9.53 Å². The first-order chi connectivity index (χ1) is 6.16. The third kappa shape index (κ3) is 2.17. The summed E-state index contributed by atoms with van der Waals surface area (Å²) in [5.41, 5.74) is -0.455. The summed E-state index contributed by atoms with van der Waals surface area (Å²) in [5.74, 6) is 0.495. The van der Waals surface area contributed by atoms with Gasteiger partial charge in [-0.15, -0.1) is 0 Å². The number of ether oxygens (including phenoxy) is 1. The van der Waals surface area contributed by atoms with Gasteiger partial charge in [0.2, 0.25) is 0 Å². The predicted octanol–water partition coefficient (Wildman–Crippen LogP) is 2.81. The number of hydrogen-bond donors (Lipinski definition) is 0. The summed E-state index contributed by atoms with van der Waals surface area (Å²) in [6.45, 7) is 12.1. The SMILES string of the molecule is CC(C)C(=O)C1CC(C)(C)OC1(C)C. The molecular weight excluding hydrogens is 176 g/mol. The first kappa shape index (κ1) is 11.7. The summed E-state index contributed by atoms with van der Waals surface area (Å²) in [4.78, 5) is 12.0. The van der Waals surface area contributed by atoms with E-state index in [-0.39, 0.29) is 23.0 Å². The molecular formula is C12H22O2. The maximum atomic E-state index is 12.0. The zero-order chi connectivity index (χ0) is 11.1. The Morgan fingerprint density at radius 1 is 1.29 bits per heavy atom. The summed E-state index contributed by atoms with van der Waals surface area (Å²) in [6, 6.07) is 0. The molecule has 1 saturated heterocycles. The van der Waals surface area contributed by atoms with E-state index in [1.165, 1.54) is 0 Å². The van der Waals surface area contributed by atoms with Crippen LogP contribution in [-0.4, -0.2) is 17.0 Å². The molecule has 0 spiro atoms. The molecule has 1 rings (SSSR count). The largest absolute Gasteiger partial charge is 0.369 e. The maximum absolute atomic E-state index is 12.0. The molecule has 1 aliphatic heterocycles. The van der Waals surface area contributed by atoms with Gasteiger partial charge in [-0.1, -0.05) is 13.8 Å². The lowest BCUT2D eigenvalue weighted by Gasteiger charge is -2.27. The van der Waals surface area contributed by atoms with Crippen LogP contribution in [0.25, 0.3) is 0 Å². The van der Waals surface area contributed by atoms with Gasteiger partial charge in [-0.2, -0.15) is 0 Å². The van der Waals surface area contributed by atoms with E-state index in [4.69, 9.17) is 4.74 Å². The van der Waals surface area contributed by atoms with E-state index in [0.29, 0.717) is 5.78 Å². The second kappa shape index (κ2) is 3.34. The van der Waals surface area contributed by atoms with E-state index >= 15 is 0 Å². The van der Waals surface area contributed by atoms with Crippen LogP contribution in [0.1, 0.15) is 48.0 Å². The molecule has 0 aliphatic carbocycles. The monoisotopic (exact) mass is 198 g/mol. The average Bonchev–Trinajstić information content (AvgIpc) is 2.17. The van der Waals surface area contributed by atoms with E-state index < -0.39 is 0 Å². The molecule has 0 aromatic carbocycles. The summed E-state index contributed by atoms with van der Waals surface area (Å²) in [7, 11) is 0. The van der Waals surface area contributed by atoms with Crippen LogP contribution in [-0.2, 0) is 9.53 Å². The highest BCUT2D eigenvalue weighted by molar-refractivity contribution is 5.84. The lowest BCUT2D eigenvalue weighted by Crippen LogP contribution is -2.35. The van der Waals surface area contributed by atoms with E-state index in [9.17, 15) is 4.79 Å². The van der Waals surface area contributed by atoms with Crippen molar-refractivity contribution in [1.29, 1.82) is 0 Å². The molecule has 0 aromatic rings. The van der Waals surface area contributed by atoms with Crippen molar-refractivity contribution in [2.45, 2.75) is 59.2 Å². The van der Waals surface area contributed by atoms with E-state index in [0.717, 1.165) is 6.42 Å². The van der Waals surface area contributed by atoms with Crippen LogP contribution in [0, 0.1) is 11.8 Å². The van der Waals surface area contributed by atoms with Crippen molar-refractivity contribution in [3.05, 3.63) is 0 Å². The quantitative estimate of drug-likeness (QED) is 0.682. The minimum atomic E-state index is -0.301. The van der Waals surface area contributed by atoms with Crippen LogP contribution in [0.15, 0.2) is 0 Å². The number of rotatable bonds is 2. The van der Waals surface area contributed by atoms with Crippen LogP contribution in [0.5, 0.6) is 0 Å². The Labute approximate surface area is 87.0 Å². The number of carbonyl (C=O) groups is 1. The third-order valence-corrected chi connectivity index (χ3v) is 2.99. The topological polar surface area (TPSA) is 26.3 Å². The molecule has 0 N–H and O–H groups in total. The Kier molecular flexibility index (Phi) is 2.79. The van der Waals surface area contributed by atoms with Crippen molar-refractivity contribution in [3.63, 3.8) is 0 Å². The highest BCUT2D eigenvalue weighted by Gasteiger charge is 2.49.